The summed E-state index contributed by atoms with van der Waals surface area (Å²) in [6.45, 7) is 2.51. The molecule has 0 aliphatic carbocycles. The first kappa shape index (κ1) is 12.3. The molecule has 1 aromatic rings. The lowest BCUT2D eigenvalue weighted by molar-refractivity contribution is 0.0943. The van der Waals surface area contributed by atoms with Gasteiger partial charge < -0.3 is 15.6 Å². The van der Waals surface area contributed by atoms with E-state index in [0.29, 0.717) is 12.2 Å². The molecule has 4 nitrogen and oxygen atoms in total. The number of rotatable bonds is 4. The molecule has 0 spiro atoms. The Morgan fingerprint density at radius 3 is 2.87 bits per heavy atom. The van der Waals surface area contributed by atoms with E-state index in [1.54, 1.807) is 10.6 Å². The van der Waals surface area contributed by atoms with Crippen molar-refractivity contribution >= 4 is 21.8 Å². The number of aryl methyl sites for hydroxylation is 1. The first-order chi connectivity index (χ1) is 7.04. The third-order valence-corrected chi connectivity index (χ3v) is 2.69. The van der Waals surface area contributed by atoms with Crippen molar-refractivity contribution in [3.63, 3.8) is 0 Å². The van der Waals surface area contributed by atoms with Crippen molar-refractivity contribution < 1.29 is 4.79 Å². The zero-order valence-electron chi connectivity index (χ0n) is 8.96. The number of nitrogens with zero attached hydrogens (tertiary/aromatic N) is 1. The monoisotopic (exact) mass is 273 g/mol. The van der Waals surface area contributed by atoms with Crippen molar-refractivity contribution in [3.05, 3.63) is 22.4 Å². The van der Waals surface area contributed by atoms with Gasteiger partial charge in [0.25, 0.3) is 5.91 Å². The van der Waals surface area contributed by atoms with E-state index in [9.17, 15) is 4.79 Å². The molecule has 0 aliphatic rings. The predicted molar refractivity (Wildman–Crippen MR) is 63.7 cm³/mol. The normalized spacial score (nSPS) is 12.5. The Labute approximate surface area is 98.0 Å². The minimum atomic E-state index is -0.0906. The highest BCUT2D eigenvalue weighted by Gasteiger charge is 2.11. The van der Waals surface area contributed by atoms with E-state index in [0.717, 1.165) is 10.9 Å². The summed E-state index contributed by atoms with van der Waals surface area (Å²) in [6.07, 6.45) is 2.70. The molecule has 84 valence electrons. The zero-order chi connectivity index (χ0) is 11.4. The van der Waals surface area contributed by atoms with Gasteiger partial charge in [0.15, 0.2) is 0 Å². The highest BCUT2D eigenvalue weighted by atomic mass is 79.9. The van der Waals surface area contributed by atoms with Crippen molar-refractivity contribution in [1.82, 2.24) is 9.88 Å². The Balaban J connectivity index is 2.58. The summed E-state index contributed by atoms with van der Waals surface area (Å²) in [4.78, 5) is 11.7. The third-order valence-electron chi connectivity index (χ3n) is 2.25. The highest BCUT2D eigenvalue weighted by Crippen LogP contribution is 2.13. The predicted octanol–water partition coefficient (Wildman–Crippen LogP) is 1.25. The van der Waals surface area contributed by atoms with E-state index in [2.05, 4.69) is 21.2 Å². The Kier molecular flexibility index (Phi) is 4.35. The van der Waals surface area contributed by atoms with E-state index in [1.807, 2.05) is 20.2 Å². The molecule has 0 saturated carbocycles. The van der Waals surface area contributed by atoms with E-state index < -0.39 is 0 Å². The van der Waals surface area contributed by atoms with Gasteiger partial charge in [-0.3, -0.25) is 4.79 Å². The molecule has 0 aliphatic heterocycles. The lowest BCUT2D eigenvalue weighted by atomic mass is 10.2. The van der Waals surface area contributed by atoms with Crippen LogP contribution >= 0.6 is 15.9 Å². The van der Waals surface area contributed by atoms with E-state index in [1.165, 1.54) is 0 Å². The van der Waals surface area contributed by atoms with Gasteiger partial charge in [-0.1, -0.05) is 6.92 Å². The number of nitrogens with one attached hydrogen (secondary N) is 1. The topological polar surface area (TPSA) is 60.0 Å². The van der Waals surface area contributed by atoms with Crippen LogP contribution in [-0.4, -0.2) is 23.1 Å². The third kappa shape index (κ3) is 3.35. The number of carbonyl (C=O) groups excluding carboxylic acids is 1. The fraction of sp³-hybridized carbons (Fsp3) is 0.500. The van der Waals surface area contributed by atoms with Crippen LogP contribution in [0.4, 0.5) is 0 Å². The van der Waals surface area contributed by atoms with Crippen molar-refractivity contribution in [1.29, 1.82) is 0 Å². The molecule has 0 aromatic carbocycles. The summed E-state index contributed by atoms with van der Waals surface area (Å²) in [5.74, 6) is -0.0906. The van der Waals surface area contributed by atoms with Crippen LogP contribution in [0.1, 0.15) is 23.8 Å². The number of carbonyl (C=O) groups is 1. The molecule has 1 heterocycles. The van der Waals surface area contributed by atoms with Gasteiger partial charge in [-0.05, 0) is 28.4 Å². The van der Waals surface area contributed by atoms with Crippen LogP contribution in [0.5, 0.6) is 0 Å². The molecule has 5 heteroatoms. The molecule has 0 radical (unpaired) electrons. The standard InChI is InChI=1S/C10H16BrN3O/c1-3-8(12)5-13-10(15)9-4-7(11)6-14(9)2/h4,6,8H,3,5,12H2,1-2H3,(H,13,15). The van der Waals surface area contributed by atoms with Gasteiger partial charge in [-0.25, -0.2) is 0 Å². The maximum Gasteiger partial charge on any atom is 0.267 e. The minimum absolute atomic E-state index is 0.0256. The molecular weight excluding hydrogens is 258 g/mol. The lowest BCUT2D eigenvalue weighted by Gasteiger charge is -2.10. The second kappa shape index (κ2) is 5.32. The number of hydrogen-bond acceptors (Lipinski definition) is 2. The maximum atomic E-state index is 11.7. The van der Waals surface area contributed by atoms with Crippen LogP contribution in [0.2, 0.25) is 0 Å². The van der Waals surface area contributed by atoms with Crippen molar-refractivity contribution in [3.8, 4) is 0 Å². The number of amides is 1. The first-order valence-electron chi connectivity index (χ1n) is 4.90. The van der Waals surface area contributed by atoms with E-state index >= 15 is 0 Å². The molecular formula is C10H16BrN3O. The quantitative estimate of drug-likeness (QED) is 0.868. The summed E-state index contributed by atoms with van der Waals surface area (Å²) in [5, 5.41) is 2.80. The molecule has 1 unspecified atom stereocenters. The molecule has 1 aromatic heterocycles. The molecule has 1 atom stereocenters. The molecule has 0 bridgehead atoms. The average molecular weight is 274 g/mol. The van der Waals surface area contributed by atoms with Crippen LogP contribution in [0.3, 0.4) is 0 Å². The van der Waals surface area contributed by atoms with Crippen LogP contribution in [0, 0.1) is 0 Å². The Morgan fingerprint density at radius 1 is 1.73 bits per heavy atom. The van der Waals surface area contributed by atoms with Crippen LogP contribution < -0.4 is 11.1 Å². The molecule has 1 amide bonds. The second-order valence-corrected chi connectivity index (χ2v) is 4.45. The average Bonchev–Trinajstić information content (AvgIpc) is 2.53. The molecule has 3 N–H and O–H groups in total. The summed E-state index contributed by atoms with van der Waals surface area (Å²) < 4.78 is 2.67. The smallest absolute Gasteiger partial charge is 0.267 e. The largest absolute Gasteiger partial charge is 0.349 e. The van der Waals surface area contributed by atoms with Crippen molar-refractivity contribution in [2.75, 3.05) is 6.54 Å². The first-order valence-corrected chi connectivity index (χ1v) is 5.69. The maximum absolute atomic E-state index is 11.7. The fourth-order valence-electron chi connectivity index (χ4n) is 1.21. The van der Waals surface area contributed by atoms with Gasteiger partial charge in [-0.2, -0.15) is 0 Å². The highest BCUT2D eigenvalue weighted by molar-refractivity contribution is 9.10. The Bertz CT molecular complexity index is 348. The number of halogens is 1. The summed E-state index contributed by atoms with van der Waals surface area (Å²) in [7, 11) is 1.83. The summed E-state index contributed by atoms with van der Waals surface area (Å²) in [6, 6.07) is 1.81. The number of nitrogens with two attached hydrogens (primary N) is 1. The zero-order valence-corrected chi connectivity index (χ0v) is 10.5. The van der Waals surface area contributed by atoms with E-state index in [4.69, 9.17) is 5.73 Å². The van der Waals surface area contributed by atoms with Gasteiger partial charge in [0, 0.05) is 30.3 Å². The number of hydrogen-bond donors (Lipinski definition) is 2. The lowest BCUT2D eigenvalue weighted by Crippen LogP contribution is -2.37. The van der Waals surface area contributed by atoms with Gasteiger partial charge in [-0.15, -0.1) is 0 Å². The fourth-order valence-corrected chi connectivity index (χ4v) is 1.73. The summed E-state index contributed by atoms with van der Waals surface area (Å²) in [5.41, 5.74) is 6.34. The van der Waals surface area contributed by atoms with Gasteiger partial charge in [0.05, 0.1) is 0 Å². The molecule has 15 heavy (non-hydrogen) atoms. The van der Waals surface area contributed by atoms with E-state index in [-0.39, 0.29) is 11.9 Å². The summed E-state index contributed by atoms with van der Waals surface area (Å²) >= 11 is 3.32. The van der Waals surface area contributed by atoms with Crippen molar-refractivity contribution in [2.24, 2.45) is 12.8 Å². The SMILES string of the molecule is CCC(N)CNC(=O)c1cc(Br)cn1C. The van der Waals surface area contributed by atoms with Gasteiger partial charge >= 0.3 is 0 Å². The van der Waals surface area contributed by atoms with Crippen molar-refractivity contribution in [2.45, 2.75) is 19.4 Å². The number of aromatic nitrogens is 1. The minimum Gasteiger partial charge on any atom is -0.349 e. The van der Waals surface area contributed by atoms with Crippen LogP contribution in [0.15, 0.2) is 16.7 Å². The van der Waals surface area contributed by atoms with Gasteiger partial charge in [0.1, 0.15) is 5.69 Å². The van der Waals surface area contributed by atoms with Crippen LogP contribution in [0.25, 0.3) is 0 Å². The Morgan fingerprint density at radius 2 is 2.40 bits per heavy atom. The molecule has 0 fully saturated rings. The Hall–Kier alpha value is -0.810. The molecule has 0 saturated heterocycles. The van der Waals surface area contributed by atoms with Gasteiger partial charge in [0.2, 0.25) is 0 Å². The van der Waals surface area contributed by atoms with Crippen LogP contribution in [-0.2, 0) is 7.05 Å². The molecule has 1 rings (SSSR count). The second-order valence-electron chi connectivity index (χ2n) is 3.53.